The van der Waals surface area contributed by atoms with Crippen molar-refractivity contribution in [2.45, 2.75) is 26.4 Å². The summed E-state index contributed by atoms with van der Waals surface area (Å²) in [6, 6.07) is 0.0874. The van der Waals surface area contributed by atoms with Gasteiger partial charge in [0.05, 0.1) is 12.0 Å². The molecule has 1 aromatic rings. The number of nitrogens with zero attached hydrogens (tertiary/aromatic N) is 3. The zero-order chi connectivity index (χ0) is 13.0. The van der Waals surface area contributed by atoms with Crippen LogP contribution in [0.5, 0.6) is 0 Å². The molecule has 0 aromatic carbocycles. The Kier molecular flexibility index (Phi) is 5.09. The predicted octanol–water partition coefficient (Wildman–Crippen LogP) is 1.59. The molecule has 2 N–H and O–H groups in total. The second-order valence-corrected chi connectivity index (χ2v) is 6.46. The highest BCUT2D eigenvalue weighted by molar-refractivity contribution is 7.99. The Balaban J connectivity index is 1.91. The lowest BCUT2D eigenvalue weighted by molar-refractivity contribution is 0.286. The van der Waals surface area contributed by atoms with Gasteiger partial charge in [-0.2, -0.15) is 11.8 Å². The summed E-state index contributed by atoms with van der Waals surface area (Å²) in [7, 11) is 0. The molecular formula is C13H24N4S. The van der Waals surface area contributed by atoms with Gasteiger partial charge in [0.1, 0.15) is 0 Å². The van der Waals surface area contributed by atoms with Crippen molar-refractivity contribution in [1.29, 1.82) is 0 Å². The molecule has 0 aliphatic carbocycles. The van der Waals surface area contributed by atoms with Gasteiger partial charge in [-0.3, -0.25) is 4.90 Å². The molecule has 1 unspecified atom stereocenters. The van der Waals surface area contributed by atoms with Crippen molar-refractivity contribution in [3.63, 3.8) is 0 Å². The van der Waals surface area contributed by atoms with Crippen LogP contribution in [0, 0.1) is 5.92 Å². The first kappa shape index (κ1) is 13.9. The average Bonchev–Trinajstić information content (AvgIpc) is 2.84. The number of rotatable bonds is 5. The topological polar surface area (TPSA) is 47.1 Å². The Morgan fingerprint density at radius 3 is 2.72 bits per heavy atom. The molecule has 2 heterocycles. The summed E-state index contributed by atoms with van der Waals surface area (Å²) in [6.45, 7) is 8.85. The second kappa shape index (κ2) is 6.59. The molecule has 1 saturated heterocycles. The molecule has 1 atom stereocenters. The maximum atomic E-state index is 6.21. The minimum absolute atomic E-state index is 0.0874. The van der Waals surface area contributed by atoms with Crippen LogP contribution in [0.3, 0.4) is 0 Å². The van der Waals surface area contributed by atoms with Crippen molar-refractivity contribution in [2.75, 3.05) is 31.1 Å². The third kappa shape index (κ3) is 3.49. The molecule has 0 amide bonds. The van der Waals surface area contributed by atoms with E-state index in [0.717, 1.165) is 18.8 Å². The van der Waals surface area contributed by atoms with Gasteiger partial charge >= 0.3 is 0 Å². The molecule has 2 rings (SSSR count). The van der Waals surface area contributed by atoms with E-state index in [1.54, 1.807) is 0 Å². The van der Waals surface area contributed by atoms with Crippen LogP contribution >= 0.6 is 11.8 Å². The first-order valence-corrected chi connectivity index (χ1v) is 7.89. The molecule has 1 aromatic heterocycles. The van der Waals surface area contributed by atoms with Crippen molar-refractivity contribution in [2.24, 2.45) is 11.7 Å². The molecule has 0 spiro atoms. The smallest absolute Gasteiger partial charge is 0.0949 e. The van der Waals surface area contributed by atoms with E-state index in [0.29, 0.717) is 5.92 Å². The maximum Gasteiger partial charge on any atom is 0.0949 e. The Morgan fingerprint density at radius 2 is 2.06 bits per heavy atom. The highest BCUT2D eigenvalue weighted by atomic mass is 32.2. The lowest BCUT2D eigenvalue weighted by Crippen LogP contribution is -2.35. The molecule has 1 fully saturated rings. The summed E-state index contributed by atoms with van der Waals surface area (Å²) in [5.41, 5.74) is 7.38. The van der Waals surface area contributed by atoms with E-state index in [4.69, 9.17) is 5.73 Å². The fourth-order valence-electron chi connectivity index (χ4n) is 2.21. The molecule has 1 aliphatic heterocycles. The summed E-state index contributed by atoms with van der Waals surface area (Å²) in [5.74, 6) is 2.98. The maximum absolute atomic E-state index is 6.21. The monoisotopic (exact) mass is 268 g/mol. The van der Waals surface area contributed by atoms with E-state index in [1.165, 1.54) is 24.6 Å². The van der Waals surface area contributed by atoms with E-state index in [9.17, 15) is 0 Å². The summed E-state index contributed by atoms with van der Waals surface area (Å²) in [6.07, 6.45) is 3.83. The van der Waals surface area contributed by atoms with E-state index in [1.807, 2.05) is 12.5 Å². The zero-order valence-electron chi connectivity index (χ0n) is 11.4. The van der Waals surface area contributed by atoms with Gasteiger partial charge in [-0.25, -0.2) is 4.98 Å². The van der Waals surface area contributed by atoms with E-state index in [-0.39, 0.29) is 6.04 Å². The molecule has 102 valence electrons. The fourth-order valence-corrected chi connectivity index (χ4v) is 3.19. The minimum atomic E-state index is 0.0874. The van der Waals surface area contributed by atoms with Crippen molar-refractivity contribution in [1.82, 2.24) is 14.5 Å². The number of imidazole rings is 1. The normalized spacial score (nSPS) is 19.3. The number of nitrogens with two attached hydrogens (primary N) is 1. The molecule has 18 heavy (non-hydrogen) atoms. The van der Waals surface area contributed by atoms with Gasteiger partial charge in [0, 0.05) is 49.9 Å². The van der Waals surface area contributed by atoms with Crippen molar-refractivity contribution in [3.05, 3.63) is 18.2 Å². The van der Waals surface area contributed by atoms with E-state index in [2.05, 4.69) is 40.1 Å². The minimum Gasteiger partial charge on any atom is -0.332 e. The Bertz CT molecular complexity index is 358. The van der Waals surface area contributed by atoms with Gasteiger partial charge in [-0.15, -0.1) is 0 Å². The SMILES string of the molecule is CC(C)C(N)c1cncn1CCN1CCSCC1. The van der Waals surface area contributed by atoms with Gasteiger partial charge in [0.15, 0.2) is 0 Å². The van der Waals surface area contributed by atoms with Crippen LogP contribution in [-0.4, -0.2) is 45.6 Å². The average molecular weight is 268 g/mol. The number of hydrogen-bond donors (Lipinski definition) is 1. The molecule has 1 aliphatic rings. The van der Waals surface area contributed by atoms with E-state index >= 15 is 0 Å². The van der Waals surface area contributed by atoms with Crippen LogP contribution in [0.1, 0.15) is 25.6 Å². The van der Waals surface area contributed by atoms with Crippen LogP contribution in [-0.2, 0) is 6.54 Å². The molecule has 0 bridgehead atoms. The van der Waals surface area contributed by atoms with Crippen molar-refractivity contribution < 1.29 is 0 Å². The quantitative estimate of drug-likeness (QED) is 0.881. The summed E-state index contributed by atoms with van der Waals surface area (Å²) in [4.78, 5) is 6.78. The molecule has 4 nitrogen and oxygen atoms in total. The summed E-state index contributed by atoms with van der Waals surface area (Å²) >= 11 is 2.05. The predicted molar refractivity (Wildman–Crippen MR) is 77.8 cm³/mol. The number of aromatic nitrogens is 2. The fraction of sp³-hybridized carbons (Fsp3) is 0.769. The largest absolute Gasteiger partial charge is 0.332 e. The van der Waals surface area contributed by atoms with Crippen molar-refractivity contribution in [3.8, 4) is 0 Å². The molecular weight excluding hydrogens is 244 g/mol. The van der Waals surface area contributed by atoms with Gasteiger partial charge in [0.2, 0.25) is 0 Å². The van der Waals surface area contributed by atoms with Crippen molar-refractivity contribution >= 4 is 11.8 Å². The number of thioether (sulfide) groups is 1. The Hall–Kier alpha value is -0.520. The van der Waals surface area contributed by atoms with Gasteiger partial charge in [-0.05, 0) is 5.92 Å². The van der Waals surface area contributed by atoms with E-state index < -0.39 is 0 Å². The first-order valence-electron chi connectivity index (χ1n) is 6.74. The van der Waals surface area contributed by atoms with Gasteiger partial charge in [0.25, 0.3) is 0 Å². The van der Waals surface area contributed by atoms with Gasteiger partial charge < -0.3 is 10.3 Å². The Morgan fingerprint density at radius 1 is 1.33 bits per heavy atom. The van der Waals surface area contributed by atoms with Crippen LogP contribution in [0.25, 0.3) is 0 Å². The highest BCUT2D eigenvalue weighted by Gasteiger charge is 2.16. The zero-order valence-corrected chi connectivity index (χ0v) is 12.2. The van der Waals surface area contributed by atoms with Crippen LogP contribution in [0.15, 0.2) is 12.5 Å². The third-order valence-corrected chi connectivity index (χ3v) is 4.51. The second-order valence-electron chi connectivity index (χ2n) is 5.24. The molecule has 5 heteroatoms. The number of hydrogen-bond acceptors (Lipinski definition) is 4. The summed E-state index contributed by atoms with van der Waals surface area (Å²) in [5, 5.41) is 0. The first-order chi connectivity index (χ1) is 8.68. The highest BCUT2D eigenvalue weighted by Crippen LogP contribution is 2.18. The molecule has 0 saturated carbocycles. The van der Waals surface area contributed by atoms with Crippen LogP contribution < -0.4 is 5.73 Å². The lowest BCUT2D eigenvalue weighted by Gasteiger charge is -2.27. The summed E-state index contributed by atoms with van der Waals surface area (Å²) < 4.78 is 2.21. The molecule has 0 radical (unpaired) electrons. The Labute approximate surface area is 114 Å². The third-order valence-electron chi connectivity index (χ3n) is 3.57. The van der Waals surface area contributed by atoms with Crippen LogP contribution in [0.2, 0.25) is 0 Å². The standard InChI is InChI=1S/C13H24N4S/c1-11(2)13(14)12-9-15-10-17(12)4-3-16-5-7-18-8-6-16/h9-11,13H,3-8,14H2,1-2H3. The lowest BCUT2D eigenvalue weighted by atomic mass is 10.0. The van der Waals surface area contributed by atoms with Gasteiger partial charge in [-0.1, -0.05) is 13.8 Å². The van der Waals surface area contributed by atoms with Crippen LogP contribution in [0.4, 0.5) is 0 Å².